The van der Waals surface area contributed by atoms with Gasteiger partial charge in [-0.1, -0.05) is 6.92 Å². The highest BCUT2D eigenvalue weighted by atomic mass is 35.5. The van der Waals surface area contributed by atoms with E-state index in [0.29, 0.717) is 6.61 Å². The van der Waals surface area contributed by atoms with E-state index in [1.807, 2.05) is 6.92 Å². The Labute approximate surface area is 65.9 Å². The Kier molecular flexibility index (Phi) is 5.12. The van der Waals surface area contributed by atoms with Crippen molar-refractivity contribution in [1.82, 2.24) is 4.90 Å². The zero-order chi connectivity index (χ0) is 7.98. The minimum absolute atomic E-state index is 0.169. The average molecular weight is 166 g/mol. The van der Waals surface area contributed by atoms with E-state index >= 15 is 0 Å². The number of carbonyl (C=O) groups is 1. The van der Waals surface area contributed by atoms with E-state index in [0.717, 1.165) is 6.42 Å². The van der Waals surface area contributed by atoms with Crippen molar-refractivity contribution in [3.8, 4) is 0 Å². The minimum Gasteiger partial charge on any atom is -0.449 e. The van der Waals surface area contributed by atoms with E-state index in [4.69, 9.17) is 16.3 Å². The first-order valence-corrected chi connectivity index (χ1v) is 3.69. The maximum atomic E-state index is 10.8. The highest BCUT2D eigenvalue weighted by molar-refractivity contribution is 6.18. The molecular weight excluding hydrogens is 154 g/mol. The number of hydrogen-bond acceptors (Lipinski definition) is 2. The van der Waals surface area contributed by atoms with Crippen LogP contribution in [-0.4, -0.2) is 30.7 Å². The number of nitrogens with zero attached hydrogens (tertiary/aromatic N) is 1. The quantitative estimate of drug-likeness (QED) is 0.470. The summed E-state index contributed by atoms with van der Waals surface area (Å²) in [6.07, 6.45) is 0.471. The molecule has 0 N–H and O–H groups in total. The normalized spacial score (nSPS) is 9.10. The van der Waals surface area contributed by atoms with Gasteiger partial charge in [0, 0.05) is 7.05 Å². The van der Waals surface area contributed by atoms with Crippen molar-refractivity contribution in [2.45, 2.75) is 13.3 Å². The summed E-state index contributed by atoms with van der Waals surface area (Å²) < 4.78 is 4.75. The lowest BCUT2D eigenvalue weighted by Gasteiger charge is -2.12. The summed E-state index contributed by atoms with van der Waals surface area (Å²) >= 11 is 5.35. The number of ether oxygens (including phenoxy) is 1. The predicted molar refractivity (Wildman–Crippen MR) is 40.1 cm³/mol. The SMILES string of the molecule is CCCOC(=O)N(C)CCl. The van der Waals surface area contributed by atoms with Gasteiger partial charge in [0.2, 0.25) is 0 Å². The Morgan fingerprint density at radius 1 is 1.70 bits per heavy atom. The minimum atomic E-state index is -0.364. The van der Waals surface area contributed by atoms with Gasteiger partial charge in [-0.2, -0.15) is 0 Å². The number of halogens is 1. The summed E-state index contributed by atoms with van der Waals surface area (Å²) in [5.74, 6) is 0. The van der Waals surface area contributed by atoms with E-state index < -0.39 is 0 Å². The molecule has 10 heavy (non-hydrogen) atoms. The summed E-state index contributed by atoms with van der Waals surface area (Å²) in [7, 11) is 1.59. The van der Waals surface area contributed by atoms with Gasteiger partial charge in [0.25, 0.3) is 0 Å². The number of hydrogen-bond donors (Lipinski definition) is 0. The second-order valence-electron chi connectivity index (χ2n) is 1.93. The topological polar surface area (TPSA) is 29.5 Å². The van der Waals surface area contributed by atoms with Crippen LogP contribution in [0.25, 0.3) is 0 Å². The van der Waals surface area contributed by atoms with Gasteiger partial charge in [-0.15, -0.1) is 11.6 Å². The Bertz CT molecular complexity index is 108. The van der Waals surface area contributed by atoms with Gasteiger partial charge in [0.1, 0.15) is 0 Å². The van der Waals surface area contributed by atoms with Crippen LogP contribution in [-0.2, 0) is 4.74 Å². The lowest BCUT2D eigenvalue weighted by atomic mass is 10.5. The molecule has 0 saturated carbocycles. The van der Waals surface area contributed by atoms with E-state index in [1.165, 1.54) is 4.90 Å². The van der Waals surface area contributed by atoms with Crippen molar-refractivity contribution in [3.05, 3.63) is 0 Å². The molecule has 0 radical (unpaired) electrons. The molecule has 3 nitrogen and oxygen atoms in total. The fourth-order valence-corrected chi connectivity index (χ4v) is 0.446. The molecule has 0 spiro atoms. The van der Waals surface area contributed by atoms with Crippen molar-refractivity contribution >= 4 is 17.7 Å². The second-order valence-corrected chi connectivity index (χ2v) is 2.17. The highest BCUT2D eigenvalue weighted by Crippen LogP contribution is 1.92. The lowest BCUT2D eigenvalue weighted by molar-refractivity contribution is 0.116. The Morgan fingerprint density at radius 2 is 2.30 bits per heavy atom. The highest BCUT2D eigenvalue weighted by Gasteiger charge is 2.05. The molecule has 0 aliphatic carbocycles. The van der Waals surface area contributed by atoms with E-state index in [9.17, 15) is 4.79 Å². The molecule has 0 fully saturated rings. The van der Waals surface area contributed by atoms with Crippen LogP contribution in [0.1, 0.15) is 13.3 Å². The molecule has 0 heterocycles. The van der Waals surface area contributed by atoms with Crippen LogP contribution in [0, 0.1) is 0 Å². The van der Waals surface area contributed by atoms with Crippen LogP contribution < -0.4 is 0 Å². The molecule has 0 bridgehead atoms. The Hall–Kier alpha value is -0.440. The molecule has 0 aromatic heterocycles. The van der Waals surface area contributed by atoms with Crippen molar-refractivity contribution in [1.29, 1.82) is 0 Å². The van der Waals surface area contributed by atoms with Gasteiger partial charge in [-0.3, -0.25) is 4.90 Å². The second kappa shape index (κ2) is 5.35. The molecule has 1 amide bonds. The fraction of sp³-hybridized carbons (Fsp3) is 0.833. The molecule has 4 heteroatoms. The number of amides is 1. The first kappa shape index (κ1) is 9.56. The third-order valence-electron chi connectivity index (χ3n) is 0.921. The van der Waals surface area contributed by atoms with Gasteiger partial charge in [0.05, 0.1) is 12.6 Å². The monoisotopic (exact) mass is 165 g/mol. The van der Waals surface area contributed by atoms with Crippen molar-refractivity contribution < 1.29 is 9.53 Å². The maximum absolute atomic E-state index is 10.8. The predicted octanol–water partition coefficient (Wildman–Crippen LogP) is 1.66. The van der Waals surface area contributed by atoms with Crippen LogP contribution in [0.15, 0.2) is 0 Å². The Morgan fingerprint density at radius 3 is 2.70 bits per heavy atom. The number of alkyl halides is 1. The van der Waals surface area contributed by atoms with E-state index in [1.54, 1.807) is 7.05 Å². The van der Waals surface area contributed by atoms with Crippen molar-refractivity contribution in [2.24, 2.45) is 0 Å². The van der Waals surface area contributed by atoms with Crippen molar-refractivity contribution in [3.63, 3.8) is 0 Å². The van der Waals surface area contributed by atoms with Gasteiger partial charge in [-0.25, -0.2) is 4.79 Å². The maximum Gasteiger partial charge on any atom is 0.410 e. The molecule has 0 saturated heterocycles. The number of carbonyl (C=O) groups excluding carboxylic acids is 1. The van der Waals surface area contributed by atoms with Crippen LogP contribution in [0.4, 0.5) is 4.79 Å². The average Bonchev–Trinajstić information content (AvgIpc) is 1.98. The molecule has 0 rings (SSSR count). The first-order valence-electron chi connectivity index (χ1n) is 3.16. The van der Waals surface area contributed by atoms with Gasteiger partial charge in [-0.05, 0) is 6.42 Å². The third kappa shape index (κ3) is 3.56. The third-order valence-corrected chi connectivity index (χ3v) is 1.28. The number of rotatable bonds is 3. The van der Waals surface area contributed by atoms with Crippen LogP contribution in [0.5, 0.6) is 0 Å². The summed E-state index contributed by atoms with van der Waals surface area (Å²) in [6, 6.07) is 0.169. The smallest absolute Gasteiger partial charge is 0.410 e. The summed E-state index contributed by atoms with van der Waals surface area (Å²) in [6.45, 7) is 2.40. The van der Waals surface area contributed by atoms with Crippen LogP contribution >= 0.6 is 11.6 Å². The molecular formula is C6H12ClNO2. The molecule has 0 aromatic carbocycles. The van der Waals surface area contributed by atoms with Crippen LogP contribution in [0.3, 0.4) is 0 Å². The van der Waals surface area contributed by atoms with Gasteiger partial charge < -0.3 is 4.74 Å². The fourth-order valence-electron chi connectivity index (χ4n) is 0.348. The van der Waals surface area contributed by atoms with Gasteiger partial charge >= 0.3 is 6.09 Å². The largest absolute Gasteiger partial charge is 0.449 e. The first-order chi connectivity index (χ1) is 4.72. The van der Waals surface area contributed by atoms with E-state index in [-0.39, 0.29) is 12.1 Å². The summed E-state index contributed by atoms with van der Waals surface area (Å²) in [4.78, 5) is 12.1. The van der Waals surface area contributed by atoms with E-state index in [2.05, 4.69) is 0 Å². The lowest BCUT2D eigenvalue weighted by Crippen LogP contribution is -2.26. The summed E-state index contributed by atoms with van der Waals surface area (Å²) in [5, 5.41) is 0. The molecule has 0 unspecified atom stereocenters. The molecule has 0 aromatic rings. The standard InChI is InChI=1S/C6H12ClNO2/c1-3-4-10-6(9)8(2)5-7/h3-5H2,1-2H3. The van der Waals surface area contributed by atoms with Crippen LogP contribution in [0.2, 0.25) is 0 Å². The molecule has 0 atom stereocenters. The molecule has 0 aliphatic heterocycles. The zero-order valence-electron chi connectivity index (χ0n) is 6.26. The van der Waals surface area contributed by atoms with Crippen molar-refractivity contribution in [2.75, 3.05) is 19.7 Å². The summed E-state index contributed by atoms with van der Waals surface area (Å²) in [5.41, 5.74) is 0. The molecule has 60 valence electrons. The zero-order valence-corrected chi connectivity index (χ0v) is 7.02. The Balaban J connectivity index is 3.42. The molecule has 0 aliphatic rings. The van der Waals surface area contributed by atoms with Gasteiger partial charge in [0.15, 0.2) is 0 Å².